The second-order valence-corrected chi connectivity index (χ2v) is 3.71. The Bertz CT molecular complexity index is 387. The van der Waals surface area contributed by atoms with Gasteiger partial charge in [-0.05, 0) is 12.1 Å². The summed E-state index contributed by atoms with van der Waals surface area (Å²) in [5.74, 6) is -0.779. The Kier molecular flexibility index (Phi) is 1.62. The molecule has 0 aromatic carbocycles. The first-order valence-corrected chi connectivity index (χ1v) is 4.35. The van der Waals surface area contributed by atoms with Crippen molar-refractivity contribution in [2.24, 2.45) is 0 Å². The van der Waals surface area contributed by atoms with E-state index >= 15 is 0 Å². The van der Waals surface area contributed by atoms with Gasteiger partial charge < -0.3 is 10.1 Å². The van der Waals surface area contributed by atoms with Crippen LogP contribution >= 0.6 is 11.3 Å². The van der Waals surface area contributed by atoms with Crippen molar-refractivity contribution in [1.29, 1.82) is 0 Å². The highest BCUT2D eigenvalue weighted by Crippen LogP contribution is 2.24. The fourth-order valence-electron chi connectivity index (χ4n) is 1.14. The van der Waals surface area contributed by atoms with Crippen LogP contribution in [0.2, 0.25) is 0 Å². The van der Waals surface area contributed by atoms with E-state index in [0.29, 0.717) is 0 Å². The Morgan fingerprint density at radius 2 is 2.50 bits per heavy atom. The molecule has 2 aromatic rings. The Balaban J connectivity index is 2.38. The first kappa shape index (κ1) is 7.36. The molecule has 0 radical (unpaired) electrons. The lowest BCUT2D eigenvalue weighted by Gasteiger charge is -1.86. The number of carboxylic acid groups (broad SMARTS) is 1. The van der Waals surface area contributed by atoms with Gasteiger partial charge in [0, 0.05) is 11.1 Å². The van der Waals surface area contributed by atoms with Gasteiger partial charge in [0.1, 0.15) is 0 Å². The SMILES string of the molecule is O=C(O)Cc1cc2[nH]ccc2s1. The Morgan fingerprint density at radius 3 is 3.17 bits per heavy atom. The van der Waals surface area contributed by atoms with Gasteiger partial charge in [0.05, 0.1) is 16.6 Å². The predicted octanol–water partition coefficient (Wildman–Crippen LogP) is 1.86. The lowest BCUT2D eigenvalue weighted by molar-refractivity contribution is -0.136. The highest BCUT2D eigenvalue weighted by Gasteiger charge is 2.05. The molecule has 0 saturated heterocycles. The molecule has 0 aliphatic carbocycles. The monoisotopic (exact) mass is 181 g/mol. The minimum atomic E-state index is -0.779. The van der Waals surface area contributed by atoms with E-state index in [-0.39, 0.29) is 6.42 Å². The molecule has 0 amide bonds. The molecular formula is C8H7NO2S. The van der Waals surface area contributed by atoms with Crippen molar-refractivity contribution in [2.75, 3.05) is 0 Å². The number of rotatable bonds is 2. The minimum absolute atomic E-state index is 0.118. The van der Waals surface area contributed by atoms with Crippen LogP contribution in [0, 0.1) is 0 Å². The van der Waals surface area contributed by atoms with E-state index in [1.807, 2.05) is 18.3 Å². The summed E-state index contributed by atoms with van der Waals surface area (Å²) in [6.07, 6.45) is 1.97. The van der Waals surface area contributed by atoms with Crippen LogP contribution in [0.3, 0.4) is 0 Å². The van der Waals surface area contributed by atoms with Crippen LogP contribution in [0.4, 0.5) is 0 Å². The van der Waals surface area contributed by atoms with Crippen LogP contribution < -0.4 is 0 Å². The summed E-state index contributed by atoms with van der Waals surface area (Å²) in [4.78, 5) is 14.3. The summed E-state index contributed by atoms with van der Waals surface area (Å²) in [6.45, 7) is 0. The van der Waals surface area contributed by atoms with Crippen molar-refractivity contribution in [3.63, 3.8) is 0 Å². The van der Waals surface area contributed by atoms with Crippen LogP contribution in [0.5, 0.6) is 0 Å². The topological polar surface area (TPSA) is 53.1 Å². The number of nitrogens with one attached hydrogen (secondary N) is 1. The summed E-state index contributed by atoms with van der Waals surface area (Å²) >= 11 is 1.52. The zero-order valence-corrected chi connectivity index (χ0v) is 7.02. The molecule has 0 bridgehead atoms. The fourth-order valence-corrected chi connectivity index (χ4v) is 2.16. The minimum Gasteiger partial charge on any atom is -0.481 e. The molecule has 0 fully saturated rings. The van der Waals surface area contributed by atoms with Gasteiger partial charge in [-0.1, -0.05) is 0 Å². The molecule has 4 heteroatoms. The zero-order chi connectivity index (χ0) is 8.55. The summed E-state index contributed by atoms with van der Waals surface area (Å²) in [7, 11) is 0. The predicted molar refractivity (Wildman–Crippen MR) is 47.5 cm³/mol. The van der Waals surface area contributed by atoms with E-state index in [4.69, 9.17) is 5.11 Å². The number of thiophene rings is 1. The first-order valence-electron chi connectivity index (χ1n) is 3.53. The van der Waals surface area contributed by atoms with Crippen molar-refractivity contribution >= 4 is 27.5 Å². The fraction of sp³-hybridized carbons (Fsp3) is 0.125. The summed E-state index contributed by atoms with van der Waals surface area (Å²) in [6, 6.07) is 3.83. The van der Waals surface area contributed by atoms with Crippen molar-refractivity contribution in [3.8, 4) is 0 Å². The first-order chi connectivity index (χ1) is 5.75. The highest BCUT2D eigenvalue weighted by molar-refractivity contribution is 7.19. The molecule has 0 saturated carbocycles. The normalized spacial score (nSPS) is 10.7. The summed E-state index contributed by atoms with van der Waals surface area (Å²) in [5.41, 5.74) is 1.02. The number of aliphatic carboxylic acids is 1. The van der Waals surface area contributed by atoms with Crippen LogP contribution in [0.1, 0.15) is 4.88 Å². The van der Waals surface area contributed by atoms with E-state index in [1.165, 1.54) is 11.3 Å². The smallest absolute Gasteiger partial charge is 0.308 e. The van der Waals surface area contributed by atoms with Crippen LogP contribution in [0.15, 0.2) is 18.3 Å². The quantitative estimate of drug-likeness (QED) is 0.742. The van der Waals surface area contributed by atoms with E-state index in [1.54, 1.807) is 0 Å². The molecule has 0 unspecified atom stereocenters. The van der Waals surface area contributed by atoms with Crippen molar-refractivity contribution in [1.82, 2.24) is 4.98 Å². The number of hydrogen-bond donors (Lipinski definition) is 2. The number of fused-ring (bicyclic) bond motifs is 1. The molecule has 0 aliphatic heterocycles. The van der Waals surface area contributed by atoms with Crippen molar-refractivity contribution < 1.29 is 9.90 Å². The van der Waals surface area contributed by atoms with E-state index in [2.05, 4.69) is 4.98 Å². The number of carboxylic acids is 1. The molecule has 2 heterocycles. The van der Waals surface area contributed by atoms with Crippen LogP contribution in [-0.2, 0) is 11.2 Å². The lowest BCUT2D eigenvalue weighted by Crippen LogP contribution is -1.96. The molecule has 0 atom stereocenters. The molecule has 0 aliphatic rings. The number of aromatic nitrogens is 1. The van der Waals surface area contributed by atoms with Gasteiger partial charge in [0.15, 0.2) is 0 Å². The van der Waals surface area contributed by atoms with Crippen molar-refractivity contribution in [2.45, 2.75) is 6.42 Å². The number of hydrogen-bond acceptors (Lipinski definition) is 2. The van der Waals surface area contributed by atoms with Gasteiger partial charge in [0.2, 0.25) is 0 Å². The van der Waals surface area contributed by atoms with Crippen LogP contribution in [-0.4, -0.2) is 16.1 Å². The van der Waals surface area contributed by atoms with Gasteiger partial charge in [0.25, 0.3) is 0 Å². The summed E-state index contributed by atoms with van der Waals surface area (Å²) < 4.78 is 1.12. The second-order valence-electron chi connectivity index (χ2n) is 2.54. The Labute approximate surface area is 72.6 Å². The largest absolute Gasteiger partial charge is 0.481 e. The van der Waals surface area contributed by atoms with E-state index in [0.717, 1.165) is 15.1 Å². The number of carbonyl (C=O) groups is 1. The average Bonchev–Trinajstić information content (AvgIpc) is 2.43. The maximum Gasteiger partial charge on any atom is 0.308 e. The molecule has 2 rings (SSSR count). The average molecular weight is 181 g/mol. The van der Waals surface area contributed by atoms with E-state index < -0.39 is 5.97 Å². The third kappa shape index (κ3) is 1.21. The van der Waals surface area contributed by atoms with Gasteiger partial charge in [-0.15, -0.1) is 11.3 Å². The molecule has 62 valence electrons. The third-order valence-corrected chi connectivity index (χ3v) is 2.71. The standard InChI is InChI=1S/C8H7NO2S/c10-8(11)4-5-3-6-7(12-5)1-2-9-6/h1-3,9H,4H2,(H,10,11). The lowest BCUT2D eigenvalue weighted by atomic mass is 10.3. The van der Waals surface area contributed by atoms with Gasteiger partial charge >= 0.3 is 5.97 Å². The third-order valence-electron chi connectivity index (χ3n) is 1.61. The van der Waals surface area contributed by atoms with Gasteiger partial charge in [-0.3, -0.25) is 4.79 Å². The molecule has 0 spiro atoms. The highest BCUT2D eigenvalue weighted by atomic mass is 32.1. The number of aromatic amines is 1. The second kappa shape index (κ2) is 2.64. The molecule has 3 nitrogen and oxygen atoms in total. The Hall–Kier alpha value is -1.29. The van der Waals surface area contributed by atoms with Gasteiger partial charge in [-0.25, -0.2) is 0 Å². The molecular weight excluding hydrogens is 174 g/mol. The zero-order valence-electron chi connectivity index (χ0n) is 6.20. The molecule has 12 heavy (non-hydrogen) atoms. The van der Waals surface area contributed by atoms with Gasteiger partial charge in [-0.2, -0.15) is 0 Å². The number of H-pyrrole nitrogens is 1. The molecule has 2 N–H and O–H groups in total. The van der Waals surface area contributed by atoms with Crippen molar-refractivity contribution in [3.05, 3.63) is 23.2 Å². The molecule has 2 aromatic heterocycles. The maximum absolute atomic E-state index is 10.4. The van der Waals surface area contributed by atoms with E-state index in [9.17, 15) is 4.79 Å². The maximum atomic E-state index is 10.4. The summed E-state index contributed by atoms with van der Waals surface area (Å²) in [5, 5.41) is 8.53. The van der Waals surface area contributed by atoms with Crippen LogP contribution in [0.25, 0.3) is 10.2 Å². The Morgan fingerprint density at radius 1 is 1.67 bits per heavy atom.